The Balaban J connectivity index is 2.42. The van der Waals surface area contributed by atoms with Crippen molar-refractivity contribution in [2.75, 3.05) is 13.1 Å². The Morgan fingerprint density at radius 3 is 2.42 bits per heavy atom. The van der Waals surface area contributed by atoms with E-state index in [4.69, 9.17) is 15.9 Å². The molecule has 1 saturated heterocycles. The summed E-state index contributed by atoms with van der Waals surface area (Å²) in [5.74, 6) is -3.99. The highest BCUT2D eigenvalue weighted by Gasteiger charge is 2.34. The second kappa shape index (κ2) is 9.70. The van der Waals surface area contributed by atoms with Gasteiger partial charge in [0.05, 0.1) is 12.6 Å². The van der Waals surface area contributed by atoms with E-state index in [-0.39, 0.29) is 19.4 Å². The lowest BCUT2D eigenvalue weighted by Gasteiger charge is -2.22. The number of rotatable bonds is 9. The van der Waals surface area contributed by atoms with Gasteiger partial charge in [0.25, 0.3) is 0 Å². The molecule has 11 nitrogen and oxygen atoms in total. The molecule has 0 radical (unpaired) electrons. The number of aliphatic carboxylic acids is 2. The number of nitrogens with zero attached hydrogens (tertiary/aromatic N) is 1. The number of hydrogen-bond donors (Lipinski definition) is 5. The third-order valence-electron chi connectivity index (χ3n) is 4.03. The van der Waals surface area contributed by atoms with Gasteiger partial charge in [0, 0.05) is 13.0 Å². The highest BCUT2D eigenvalue weighted by atomic mass is 16.4. The van der Waals surface area contributed by atoms with E-state index in [1.54, 1.807) is 0 Å². The van der Waals surface area contributed by atoms with Gasteiger partial charge < -0.3 is 31.5 Å². The van der Waals surface area contributed by atoms with Gasteiger partial charge in [-0.2, -0.15) is 0 Å². The Morgan fingerprint density at radius 1 is 1.19 bits per heavy atom. The van der Waals surface area contributed by atoms with Gasteiger partial charge in [-0.1, -0.05) is 0 Å². The first kappa shape index (κ1) is 21.4. The number of hydrogen-bond acceptors (Lipinski definition) is 6. The summed E-state index contributed by atoms with van der Waals surface area (Å²) in [5, 5.41) is 22.3. The molecule has 0 bridgehead atoms. The second-order valence-electron chi connectivity index (χ2n) is 6.07. The average molecular weight is 372 g/mol. The quantitative estimate of drug-likeness (QED) is 0.304. The van der Waals surface area contributed by atoms with Crippen molar-refractivity contribution < 1.29 is 34.2 Å². The summed E-state index contributed by atoms with van der Waals surface area (Å²) >= 11 is 0. The molecule has 0 spiro atoms. The fourth-order valence-corrected chi connectivity index (χ4v) is 2.54. The summed E-state index contributed by atoms with van der Waals surface area (Å²) in [6, 6.07) is -2.94. The molecule has 3 amide bonds. The molecule has 0 aromatic carbocycles. The van der Waals surface area contributed by atoms with Crippen LogP contribution in [0.5, 0.6) is 0 Å². The van der Waals surface area contributed by atoms with E-state index in [2.05, 4.69) is 10.6 Å². The van der Waals surface area contributed by atoms with Crippen LogP contribution < -0.4 is 16.4 Å². The van der Waals surface area contributed by atoms with E-state index < -0.39 is 47.8 Å². The number of carboxylic acid groups (broad SMARTS) is 2. The van der Waals surface area contributed by atoms with Crippen LogP contribution in [0.3, 0.4) is 0 Å². The zero-order valence-corrected chi connectivity index (χ0v) is 14.4. The molecule has 11 heteroatoms. The van der Waals surface area contributed by atoms with E-state index >= 15 is 0 Å². The van der Waals surface area contributed by atoms with Gasteiger partial charge in [0.2, 0.25) is 17.7 Å². The van der Waals surface area contributed by atoms with Crippen molar-refractivity contribution in [1.82, 2.24) is 15.5 Å². The minimum atomic E-state index is -1.09. The third kappa shape index (κ3) is 6.31. The summed E-state index contributed by atoms with van der Waals surface area (Å²) in [7, 11) is 0. The number of nitrogens with one attached hydrogen (secondary N) is 2. The Hall–Kier alpha value is -2.69. The number of likely N-dealkylation sites (tertiary alicyclic amines) is 1. The van der Waals surface area contributed by atoms with Gasteiger partial charge >= 0.3 is 11.9 Å². The van der Waals surface area contributed by atoms with Crippen molar-refractivity contribution in [3.05, 3.63) is 0 Å². The van der Waals surface area contributed by atoms with Gasteiger partial charge in [0.15, 0.2) is 0 Å². The summed E-state index contributed by atoms with van der Waals surface area (Å²) in [4.78, 5) is 58.5. The molecule has 26 heavy (non-hydrogen) atoms. The lowest BCUT2D eigenvalue weighted by molar-refractivity contribution is -0.148. The number of carbonyl (C=O) groups is 5. The fraction of sp³-hybridized carbons (Fsp3) is 0.667. The minimum absolute atomic E-state index is 0.0699. The second-order valence-corrected chi connectivity index (χ2v) is 6.07. The molecule has 146 valence electrons. The lowest BCUT2D eigenvalue weighted by Crippen LogP contribution is -2.52. The summed E-state index contributed by atoms with van der Waals surface area (Å²) in [6.45, 7) is 1.32. The summed E-state index contributed by atoms with van der Waals surface area (Å²) in [6.07, 6.45) is 0.608. The van der Waals surface area contributed by atoms with E-state index in [0.717, 1.165) is 0 Å². The van der Waals surface area contributed by atoms with E-state index in [0.29, 0.717) is 19.4 Å². The number of nitrogens with two attached hydrogens (primary N) is 1. The molecule has 1 heterocycles. The molecular weight excluding hydrogens is 348 g/mol. The Bertz CT molecular complexity index is 580. The smallest absolute Gasteiger partial charge is 0.326 e. The van der Waals surface area contributed by atoms with Crippen LogP contribution in [0.1, 0.15) is 32.6 Å². The van der Waals surface area contributed by atoms with Gasteiger partial charge in [-0.3, -0.25) is 19.2 Å². The lowest BCUT2D eigenvalue weighted by atomic mass is 10.1. The predicted octanol–water partition coefficient (Wildman–Crippen LogP) is -2.12. The molecule has 0 saturated carbocycles. The first-order valence-corrected chi connectivity index (χ1v) is 8.21. The summed E-state index contributed by atoms with van der Waals surface area (Å²) in [5.41, 5.74) is 5.54. The number of carbonyl (C=O) groups excluding carboxylic acids is 3. The monoisotopic (exact) mass is 372 g/mol. The molecule has 0 aromatic heterocycles. The van der Waals surface area contributed by atoms with E-state index in [1.165, 1.54) is 11.8 Å². The molecule has 0 aromatic rings. The van der Waals surface area contributed by atoms with E-state index in [1.807, 2.05) is 0 Å². The van der Waals surface area contributed by atoms with Crippen molar-refractivity contribution in [2.45, 2.75) is 50.7 Å². The van der Waals surface area contributed by atoms with Crippen LogP contribution in [0.2, 0.25) is 0 Å². The molecule has 1 fully saturated rings. The Kier molecular flexibility index (Phi) is 7.97. The van der Waals surface area contributed by atoms with Crippen molar-refractivity contribution in [2.24, 2.45) is 5.73 Å². The largest absolute Gasteiger partial charge is 0.481 e. The van der Waals surface area contributed by atoms with Crippen LogP contribution in [0.25, 0.3) is 0 Å². The van der Waals surface area contributed by atoms with Gasteiger partial charge in [0.1, 0.15) is 12.1 Å². The molecule has 3 unspecified atom stereocenters. The first-order chi connectivity index (χ1) is 12.1. The molecule has 1 rings (SSSR count). The van der Waals surface area contributed by atoms with Crippen LogP contribution in [-0.2, 0) is 24.0 Å². The van der Waals surface area contributed by atoms with Gasteiger partial charge in [-0.15, -0.1) is 0 Å². The van der Waals surface area contributed by atoms with Crippen molar-refractivity contribution in [1.29, 1.82) is 0 Å². The predicted molar refractivity (Wildman–Crippen MR) is 87.8 cm³/mol. The highest BCUT2D eigenvalue weighted by Crippen LogP contribution is 2.17. The maximum atomic E-state index is 12.1. The van der Waals surface area contributed by atoms with Crippen LogP contribution in [0.4, 0.5) is 0 Å². The minimum Gasteiger partial charge on any atom is -0.481 e. The maximum absolute atomic E-state index is 12.1. The normalized spacial score (nSPS) is 18.7. The topological polar surface area (TPSA) is 179 Å². The van der Waals surface area contributed by atoms with Gasteiger partial charge in [-0.25, -0.2) is 4.79 Å². The highest BCUT2D eigenvalue weighted by molar-refractivity contribution is 5.92. The van der Waals surface area contributed by atoms with Crippen LogP contribution in [0.15, 0.2) is 0 Å². The zero-order chi connectivity index (χ0) is 19.9. The van der Waals surface area contributed by atoms with Crippen molar-refractivity contribution in [3.8, 4) is 0 Å². The molecular formula is C15H24N4O7. The van der Waals surface area contributed by atoms with Crippen LogP contribution in [0, 0.1) is 0 Å². The molecule has 3 atom stereocenters. The summed E-state index contributed by atoms with van der Waals surface area (Å²) < 4.78 is 0. The maximum Gasteiger partial charge on any atom is 0.326 e. The SMILES string of the molecule is CC(NC(=O)C(N)CCC(=O)O)C(=O)NCC(=O)N1CCCC1C(=O)O. The Morgan fingerprint density at radius 2 is 1.85 bits per heavy atom. The average Bonchev–Trinajstić information content (AvgIpc) is 3.06. The number of carboxylic acids is 2. The van der Waals surface area contributed by atoms with Gasteiger partial charge in [-0.05, 0) is 26.2 Å². The van der Waals surface area contributed by atoms with E-state index in [9.17, 15) is 24.0 Å². The molecule has 1 aliphatic rings. The van der Waals surface area contributed by atoms with Crippen LogP contribution in [-0.4, -0.2) is 76.0 Å². The van der Waals surface area contributed by atoms with Crippen molar-refractivity contribution in [3.63, 3.8) is 0 Å². The van der Waals surface area contributed by atoms with Crippen LogP contribution >= 0.6 is 0 Å². The molecule has 0 aliphatic carbocycles. The fourth-order valence-electron chi connectivity index (χ4n) is 2.54. The molecule has 1 aliphatic heterocycles. The Labute approximate surface area is 149 Å². The van der Waals surface area contributed by atoms with Crippen molar-refractivity contribution >= 4 is 29.7 Å². The third-order valence-corrected chi connectivity index (χ3v) is 4.03. The standard InChI is InChI=1S/C15H24N4O7/c1-8(18-14(24)9(16)4-5-12(21)22)13(23)17-7-11(20)19-6-2-3-10(19)15(25)26/h8-10H,2-7,16H2,1H3,(H,17,23)(H,18,24)(H,21,22)(H,25,26). The molecule has 6 N–H and O–H groups in total. The number of amides is 3. The first-order valence-electron chi connectivity index (χ1n) is 8.21. The zero-order valence-electron chi connectivity index (χ0n) is 14.4.